The van der Waals surface area contributed by atoms with Crippen LogP contribution < -0.4 is 4.74 Å². The van der Waals surface area contributed by atoms with Gasteiger partial charge in [-0.2, -0.15) is 0 Å². The van der Waals surface area contributed by atoms with Crippen LogP contribution >= 0.6 is 0 Å². The van der Waals surface area contributed by atoms with E-state index < -0.39 is 5.97 Å². The number of carboxylic acids is 1. The third-order valence-corrected chi connectivity index (χ3v) is 4.26. The fourth-order valence-electron chi connectivity index (χ4n) is 2.96. The van der Waals surface area contributed by atoms with Crippen molar-refractivity contribution in [1.29, 1.82) is 0 Å². The van der Waals surface area contributed by atoms with E-state index >= 15 is 0 Å². The second kappa shape index (κ2) is 9.25. The first-order valence-electron chi connectivity index (χ1n) is 8.42. The molecule has 1 saturated heterocycles. The van der Waals surface area contributed by atoms with Crippen molar-refractivity contribution in [2.45, 2.75) is 38.5 Å². The van der Waals surface area contributed by atoms with Gasteiger partial charge in [0.05, 0.1) is 6.61 Å². The minimum absolute atomic E-state index is 0.0951. The number of ether oxygens (including phenoxy) is 1. The average molecular weight is 337 g/mol. The summed E-state index contributed by atoms with van der Waals surface area (Å²) in [5, 5.41) is 8.76. The van der Waals surface area contributed by atoms with Gasteiger partial charge in [-0.3, -0.25) is 9.59 Å². The number of likely N-dealkylation sites (tertiary alicyclic amines) is 1. The molecule has 1 aliphatic rings. The highest BCUT2D eigenvalue weighted by Gasteiger charge is 2.23. The molecule has 24 heavy (non-hydrogen) atoms. The monoisotopic (exact) mass is 337 g/mol. The van der Waals surface area contributed by atoms with E-state index in [0.29, 0.717) is 38.2 Å². The third-order valence-electron chi connectivity index (χ3n) is 4.26. The number of carbonyl (C=O) groups is 2. The number of rotatable bonds is 8. The molecule has 2 rings (SSSR count). The largest absolute Gasteiger partial charge is 0.494 e. The third kappa shape index (κ3) is 6.18. The van der Waals surface area contributed by atoms with E-state index in [1.807, 2.05) is 4.90 Å². The van der Waals surface area contributed by atoms with Gasteiger partial charge in [0.1, 0.15) is 11.6 Å². The molecule has 0 aliphatic carbocycles. The summed E-state index contributed by atoms with van der Waals surface area (Å²) < 4.78 is 18.3. The van der Waals surface area contributed by atoms with Gasteiger partial charge in [0.25, 0.3) is 0 Å². The highest BCUT2D eigenvalue weighted by molar-refractivity contribution is 5.76. The summed E-state index contributed by atoms with van der Waals surface area (Å²) in [6.07, 6.45) is 3.73. The van der Waals surface area contributed by atoms with E-state index in [1.165, 1.54) is 12.1 Å². The van der Waals surface area contributed by atoms with Gasteiger partial charge in [0, 0.05) is 25.9 Å². The maximum Gasteiger partial charge on any atom is 0.303 e. The Balaban J connectivity index is 1.66. The number of carboxylic acid groups (broad SMARTS) is 1. The smallest absolute Gasteiger partial charge is 0.303 e. The van der Waals surface area contributed by atoms with Crippen molar-refractivity contribution in [2.75, 3.05) is 19.7 Å². The number of hydrogen-bond acceptors (Lipinski definition) is 3. The molecule has 132 valence electrons. The first-order chi connectivity index (χ1) is 11.5. The molecule has 0 spiro atoms. The van der Waals surface area contributed by atoms with Crippen molar-refractivity contribution in [3.63, 3.8) is 0 Å². The molecule has 0 radical (unpaired) electrons. The Labute approximate surface area is 141 Å². The molecule has 0 saturated carbocycles. The molecule has 1 aromatic carbocycles. The van der Waals surface area contributed by atoms with Crippen molar-refractivity contribution >= 4 is 11.9 Å². The van der Waals surface area contributed by atoms with Gasteiger partial charge >= 0.3 is 5.97 Å². The zero-order chi connectivity index (χ0) is 17.4. The van der Waals surface area contributed by atoms with Gasteiger partial charge in [0.15, 0.2) is 0 Å². The summed E-state index contributed by atoms with van der Waals surface area (Å²) in [5.41, 5.74) is 0. The second-order valence-corrected chi connectivity index (χ2v) is 6.19. The predicted octanol–water partition coefficient (Wildman–Crippen LogP) is 3.09. The molecule has 1 heterocycles. The highest BCUT2D eigenvalue weighted by atomic mass is 19.1. The topological polar surface area (TPSA) is 66.8 Å². The maximum atomic E-state index is 12.8. The zero-order valence-corrected chi connectivity index (χ0v) is 13.7. The fourth-order valence-corrected chi connectivity index (χ4v) is 2.96. The Kier molecular flexibility index (Phi) is 7.03. The Morgan fingerprint density at radius 2 is 2.00 bits per heavy atom. The summed E-state index contributed by atoms with van der Waals surface area (Å²) in [6, 6.07) is 5.81. The number of piperidine rings is 1. The molecule has 6 heteroatoms. The lowest BCUT2D eigenvalue weighted by molar-refractivity contribution is -0.137. The maximum absolute atomic E-state index is 12.8. The van der Waals surface area contributed by atoms with Crippen LogP contribution in [0.3, 0.4) is 0 Å². The minimum Gasteiger partial charge on any atom is -0.494 e. The van der Waals surface area contributed by atoms with Crippen LogP contribution in [0.15, 0.2) is 24.3 Å². The number of halogens is 1. The van der Waals surface area contributed by atoms with Crippen LogP contribution in [-0.2, 0) is 9.59 Å². The van der Waals surface area contributed by atoms with E-state index in [1.54, 1.807) is 12.1 Å². The van der Waals surface area contributed by atoms with Crippen LogP contribution in [0.2, 0.25) is 0 Å². The average Bonchev–Trinajstić information content (AvgIpc) is 2.58. The predicted molar refractivity (Wildman–Crippen MR) is 87.3 cm³/mol. The highest BCUT2D eigenvalue weighted by Crippen LogP contribution is 2.21. The number of carbonyl (C=O) groups excluding carboxylic acids is 1. The lowest BCUT2D eigenvalue weighted by Gasteiger charge is -2.32. The first kappa shape index (κ1) is 18.2. The summed E-state index contributed by atoms with van der Waals surface area (Å²) >= 11 is 0. The van der Waals surface area contributed by atoms with Crippen LogP contribution in [0.25, 0.3) is 0 Å². The normalized spacial score (nSPS) is 17.5. The van der Waals surface area contributed by atoms with E-state index in [9.17, 15) is 14.0 Å². The molecule has 1 aliphatic heterocycles. The van der Waals surface area contributed by atoms with Crippen LogP contribution in [0.4, 0.5) is 4.39 Å². The van der Waals surface area contributed by atoms with Crippen molar-refractivity contribution in [3.05, 3.63) is 30.1 Å². The van der Waals surface area contributed by atoms with Crippen LogP contribution in [0.1, 0.15) is 38.5 Å². The number of benzene rings is 1. The molecule has 0 aromatic heterocycles. The van der Waals surface area contributed by atoms with Gasteiger partial charge in [-0.25, -0.2) is 4.39 Å². The molecule has 5 nitrogen and oxygen atoms in total. The van der Waals surface area contributed by atoms with E-state index in [4.69, 9.17) is 9.84 Å². The minimum atomic E-state index is -0.781. The molecule has 1 N–H and O–H groups in total. The van der Waals surface area contributed by atoms with Crippen molar-refractivity contribution in [3.8, 4) is 5.75 Å². The molecular formula is C18H24FNO4. The van der Waals surface area contributed by atoms with Gasteiger partial charge in [-0.05, 0) is 55.9 Å². The fraction of sp³-hybridized carbons (Fsp3) is 0.556. The number of aliphatic carboxylic acids is 1. The quantitative estimate of drug-likeness (QED) is 0.740. The molecular weight excluding hydrogens is 313 g/mol. The van der Waals surface area contributed by atoms with Crippen LogP contribution in [-0.4, -0.2) is 41.6 Å². The molecule has 1 amide bonds. The van der Waals surface area contributed by atoms with Gasteiger partial charge in [0.2, 0.25) is 5.91 Å². The number of hydrogen-bond donors (Lipinski definition) is 1. The molecule has 0 unspecified atom stereocenters. The zero-order valence-electron chi connectivity index (χ0n) is 13.7. The van der Waals surface area contributed by atoms with Crippen molar-refractivity contribution < 1.29 is 23.8 Å². The number of nitrogens with zero attached hydrogens (tertiary/aromatic N) is 1. The van der Waals surface area contributed by atoms with Crippen molar-refractivity contribution in [1.82, 2.24) is 4.90 Å². The van der Waals surface area contributed by atoms with E-state index in [2.05, 4.69) is 0 Å². The lowest BCUT2D eigenvalue weighted by Crippen LogP contribution is -2.40. The Hall–Kier alpha value is -2.11. The number of amides is 1. The Bertz CT molecular complexity index is 546. The van der Waals surface area contributed by atoms with E-state index in [-0.39, 0.29) is 24.1 Å². The standard InChI is InChI=1S/C18H24FNO4/c19-15-6-8-16(9-7-15)24-12-2-4-17(21)20-11-1-3-14(13-20)5-10-18(22)23/h6-9,14H,1-5,10-13H2,(H,22,23)/t14-/m0/s1. The molecule has 0 bridgehead atoms. The van der Waals surface area contributed by atoms with Crippen molar-refractivity contribution in [2.24, 2.45) is 5.92 Å². The molecule has 1 fully saturated rings. The second-order valence-electron chi connectivity index (χ2n) is 6.19. The Morgan fingerprint density at radius 1 is 1.25 bits per heavy atom. The van der Waals surface area contributed by atoms with Gasteiger partial charge in [-0.1, -0.05) is 0 Å². The van der Waals surface area contributed by atoms with Crippen LogP contribution in [0.5, 0.6) is 5.75 Å². The summed E-state index contributed by atoms with van der Waals surface area (Å²) in [5.74, 6) is -0.112. The van der Waals surface area contributed by atoms with Crippen LogP contribution in [0, 0.1) is 11.7 Å². The molecule has 1 aromatic rings. The van der Waals surface area contributed by atoms with E-state index in [0.717, 1.165) is 19.4 Å². The summed E-state index contributed by atoms with van der Waals surface area (Å²) in [4.78, 5) is 24.7. The van der Waals surface area contributed by atoms with Gasteiger partial charge in [-0.15, -0.1) is 0 Å². The first-order valence-corrected chi connectivity index (χ1v) is 8.42. The SMILES string of the molecule is O=C(O)CC[C@@H]1CCCN(C(=O)CCCOc2ccc(F)cc2)C1. The molecule has 1 atom stereocenters. The summed E-state index contributed by atoms with van der Waals surface area (Å²) in [6.45, 7) is 1.82. The summed E-state index contributed by atoms with van der Waals surface area (Å²) in [7, 11) is 0. The van der Waals surface area contributed by atoms with Gasteiger partial charge < -0.3 is 14.7 Å². The lowest BCUT2D eigenvalue weighted by atomic mass is 9.93. The Morgan fingerprint density at radius 3 is 2.71 bits per heavy atom.